The summed E-state index contributed by atoms with van der Waals surface area (Å²) < 4.78 is 0. The fraction of sp³-hybridized carbons (Fsp3) is 0.133. The molecule has 1 N–H and O–H groups in total. The van der Waals surface area contributed by atoms with Crippen LogP contribution in [0.4, 0.5) is 5.69 Å². The minimum atomic E-state index is 0.0543. The van der Waals surface area contributed by atoms with Crippen molar-refractivity contribution >= 4 is 34.6 Å². The molecular formula is C15H13ClN2S. The Morgan fingerprint density at radius 2 is 1.89 bits per heavy atom. The van der Waals surface area contributed by atoms with E-state index < -0.39 is 0 Å². The van der Waals surface area contributed by atoms with Crippen LogP contribution < -0.4 is 10.2 Å². The van der Waals surface area contributed by atoms with E-state index in [-0.39, 0.29) is 6.04 Å². The number of benzene rings is 2. The van der Waals surface area contributed by atoms with Crippen molar-refractivity contribution in [1.82, 2.24) is 5.32 Å². The lowest BCUT2D eigenvalue weighted by Gasteiger charge is -2.35. The first kappa shape index (κ1) is 12.5. The van der Waals surface area contributed by atoms with Gasteiger partial charge in [-0.15, -0.1) is 0 Å². The molecule has 0 aliphatic carbocycles. The average molecular weight is 289 g/mol. The van der Waals surface area contributed by atoms with E-state index in [1.165, 1.54) is 5.56 Å². The minimum absolute atomic E-state index is 0.0543. The topological polar surface area (TPSA) is 15.3 Å². The second-order valence-corrected chi connectivity index (χ2v) is 5.38. The summed E-state index contributed by atoms with van der Waals surface area (Å²) in [6.07, 6.45) is 0. The first-order chi connectivity index (χ1) is 9.16. The van der Waals surface area contributed by atoms with E-state index in [0.717, 1.165) is 21.4 Å². The van der Waals surface area contributed by atoms with Gasteiger partial charge in [0.15, 0.2) is 5.11 Å². The largest absolute Gasteiger partial charge is 0.351 e. The highest BCUT2D eigenvalue weighted by Gasteiger charge is 2.27. The zero-order chi connectivity index (χ0) is 13.4. The van der Waals surface area contributed by atoms with Crippen LogP contribution in [0.2, 0.25) is 5.02 Å². The minimum Gasteiger partial charge on any atom is -0.351 e. The van der Waals surface area contributed by atoms with Gasteiger partial charge in [-0.2, -0.15) is 0 Å². The highest BCUT2D eigenvalue weighted by molar-refractivity contribution is 7.80. The van der Waals surface area contributed by atoms with Crippen LogP contribution in [0, 0.1) is 0 Å². The van der Waals surface area contributed by atoms with Gasteiger partial charge in [-0.05, 0) is 36.0 Å². The molecule has 2 aromatic carbocycles. The first-order valence-electron chi connectivity index (χ1n) is 6.05. The second-order valence-electron chi connectivity index (χ2n) is 4.56. The summed E-state index contributed by atoms with van der Waals surface area (Å²) in [5.74, 6) is 0. The third kappa shape index (κ3) is 2.20. The van der Waals surface area contributed by atoms with Gasteiger partial charge >= 0.3 is 0 Å². The Morgan fingerprint density at radius 3 is 2.63 bits per heavy atom. The molecule has 1 aliphatic rings. The smallest absolute Gasteiger partial charge is 0.173 e. The van der Waals surface area contributed by atoms with E-state index in [1.807, 2.05) is 48.3 Å². The van der Waals surface area contributed by atoms with Gasteiger partial charge in [0, 0.05) is 23.3 Å². The molecular weight excluding hydrogens is 276 g/mol. The van der Waals surface area contributed by atoms with Crippen LogP contribution in [0.3, 0.4) is 0 Å². The molecule has 3 rings (SSSR count). The zero-order valence-corrected chi connectivity index (χ0v) is 12.0. The molecule has 0 aromatic heterocycles. The molecule has 4 heteroatoms. The fourth-order valence-electron chi connectivity index (χ4n) is 2.38. The number of halogens is 1. The number of hydrogen-bond acceptors (Lipinski definition) is 1. The van der Waals surface area contributed by atoms with E-state index in [1.54, 1.807) is 0 Å². The van der Waals surface area contributed by atoms with Crippen LogP contribution in [-0.4, -0.2) is 12.2 Å². The van der Waals surface area contributed by atoms with Crippen molar-refractivity contribution < 1.29 is 0 Å². The predicted molar refractivity (Wildman–Crippen MR) is 83.9 cm³/mol. The van der Waals surface area contributed by atoms with Crippen molar-refractivity contribution in [2.45, 2.75) is 6.04 Å². The monoisotopic (exact) mass is 288 g/mol. The SMILES string of the molecule is CN1C(=S)NC(c2ccccc2)c2cc(Cl)ccc21. The fourth-order valence-corrected chi connectivity index (χ4v) is 2.77. The van der Waals surface area contributed by atoms with E-state index in [0.29, 0.717) is 0 Å². The van der Waals surface area contributed by atoms with Crippen LogP contribution in [0.5, 0.6) is 0 Å². The van der Waals surface area contributed by atoms with Crippen LogP contribution >= 0.6 is 23.8 Å². The third-order valence-electron chi connectivity index (χ3n) is 3.37. The van der Waals surface area contributed by atoms with Crippen molar-refractivity contribution in [2.24, 2.45) is 0 Å². The summed E-state index contributed by atoms with van der Waals surface area (Å²) in [6, 6.07) is 16.2. The van der Waals surface area contributed by atoms with Crippen molar-refractivity contribution in [2.75, 3.05) is 11.9 Å². The average Bonchev–Trinajstić information content (AvgIpc) is 2.43. The summed E-state index contributed by atoms with van der Waals surface area (Å²) >= 11 is 11.5. The molecule has 1 aliphatic heterocycles. The highest BCUT2D eigenvalue weighted by atomic mass is 35.5. The van der Waals surface area contributed by atoms with Crippen LogP contribution in [0.1, 0.15) is 17.2 Å². The standard InChI is InChI=1S/C15H13ClN2S/c1-18-13-8-7-11(16)9-12(13)14(17-15(18)19)10-5-3-2-4-6-10/h2-9,14H,1H3,(H,17,19). The number of nitrogens with zero attached hydrogens (tertiary/aromatic N) is 1. The van der Waals surface area contributed by atoms with Gasteiger partial charge in [-0.1, -0.05) is 41.9 Å². The quantitative estimate of drug-likeness (QED) is 0.805. The maximum atomic E-state index is 6.13. The molecule has 2 aromatic rings. The lowest BCUT2D eigenvalue weighted by molar-refractivity contribution is 0.739. The van der Waals surface area contributed by atoms with Crippen LogP contribution in [0.25, 0.3) is 0 Å². The lowest BCUT2D eigenvalue weighted by atomic mass is 9.95. The number of rotatable bonds is 1. The molecule has 1 heterocycles. The van der Waals surface area contributed by atoms with E-state index in [9.17, 15) is 0 Å². The number of nitrogens with one attached hydrogen (secondary N) is 1. The molecule has 19 heavy (non-hydrogen) atoms. The Balaban J connectivity index is 2.15. The Hall–Kier alpha value is -1.58. The Labute approximate surface area is 123 Å². The van der Waals surface area contributed by atoms with Crippen molar-refractivity contribution in [3.63, 3.8) is 0 Å². The molecule has 0 saturated carbocycles. The summed E-state index contributed by atoms with van der Waals surface area (Å²) in [4.78, 5) is 1.97. The van der Waals surface area contributed by atoms with Gasteiger partial charge in [0.1, 0.15) is 0 Å². The number of thiocarbonyl (C=S) groups is 1. The number of anilines is 1. The summed E-state index contributed by atoms with van der Waals surface area (Å²) in [6.45, 7) is 0. The first-order valence-corrected chi connectivity index (χ1v) is 6.84. The lowest BCUT2D eigenvalue weighted by Crippen LogP contribution is -2.44. The van der Waals surface area contributed by atoms with Gasteiger partial charge in [-0.25, -0.2) is 0 Å². The molecule has 0 saturated heterocycles. The normalized spacial score (nSPS) is 17.9. The molecule has 0 amide bonds. The molecule has 2 nitrogen and oxygen atoms in total. The summed E-state index contributed by atoms with van der Waals surface area (Å²) in [7, 11) is 1.96. The molecule has 1 atom stereocenters. The number of hydrogen-bond donors (Lipinski definition) is 1. The van der Waals surface area contributed by atoms with Crippen molar-refractivity contribution in [3.8, 4) is 0 Å². The second kappa shape index (κ2) is 4.83. The molecule has 0 fully saturated rings. The highest BCUT2D eigenvalue weighted by Crippen LogP contribution is 2.35. The maximum absolute atomic E-state index is 6.13. The van der Waals surface area contributed by atoms with Crippen LogP contribution in [0.15, 0.2) is 48.5 Å². The van der Waals surface area contributed by atoms with Crippen molar-refractivity contribution in [1.29, 1.82) is 0 Å². The Kier molecular flexibility index (Phi) is 3.17. The Morgan fingerprint density at radius 1 is 1.16 bits per heavy atom. The van der Waals surface area contributed by atoms with Crippen molar-refractivity contribution in [3.05, 3.63) is 64.7 Å². The van der Waals surface area contributed by atoms with Gasteiger partial charge in [0.25, 0.3) is 0 Å². The van der Waals surface area contributed by atoms with Gasteiger partial charge in [0.05, 0.1) is 6.04 Å². The summed E-state index contributed by atoms with van der Waals surface area (Å²) in [5.41, 5.74) is 3.43. The maximum Gasteiger partial charge on any atom is 0.173 e. The molecule has 0 radical (unpaired) electrons. The predicted octanol–water partition coefficient (Wildman–Crippen LogP) is 3.75. The molecule has 0 spiro atoms. The third-order valence-corrected chi connectivity index (χ3v) is 3.99. The van der Waals surface area contributed by atoms with E-state index >= 15 is 0 Å². The van der Waals surface area contributed by atoms with E-state index in [4.69, 9.17) is 23.8 Å². The summed E-state index contributed by atoms with van der Waals surface area (Å²) in [5, 5.41) is 4.83. The Bertz CT molecular complexity index is 627. The molecule has 96 valence electrons. The van der Waals surface area contributed by atoms with E-state index in [2.05, 4.69) is 17.4 Å². The van der Waals surface area contributed by atoms with Gasteiger partial charge in [-0.3, -0.25) is 0 Å². The number of fused-ring (bicyclic) bond motifs is 1. The molecule has 1 unspecified atom stereocenters. The molecule has 0 bridgehead atoms. The zero-order valence-electron chi connectivity index (χ0n) is 10.4. The van der Waals surface area contributed by atoms with Gasteiger partial charge in [0.2, 0.25) is 0 Å². The van der Waals surface area contributed by atoms with Gasteiger partial charge < -0.3 is 10.2 Å². The van der Waals surface area contributed by atoms with Crippen LogP contribution in [-0.2, 0) is 0 Å².